The maximum Gasteiger partial charge on any atom is 0.306 e. The number of ether oxygens (including phenoxy) is 1. The van der Waals surface area contributed by atoms with Gasteiger partial charge in [0, 0.05) is 22.9 Å². The first-order valence-corrected chi connectivity index (χ1v) is 8.74. The molecule has 0 fully saturated rings. The highest BCUT2D eigenvalue weighted by atomic mass is 79.9. The van der Waals surface area contributed by atoms with Crippen molar-refractivity contribution in [3.63, 3.8) is 0 Å². The fraction of sp³-hybridized carbons (Fsp3) is 0.263. The van der Waals surface area contributed by atoms with Crippen molar-refractivity contribution in [3.8, 4) is 0 Å². The molecule has 0 saturated carbocycles. The molecule has 0 spiro atoms. The van der Waals surface area contributed by atoms with Crippen LogP contribution in [0.15, 0.2) is 60.7 Å². The normalized spacial score (nSPS) is 11.7. The highest BCUT2D eigenvalue weighted by Crippen LogP contribution is 2.23. The number of unbranched alkanes of at least 4 members (excludes halogenated alkanes) is 1. The third-order valence-electron chi connectivity index (χ3n) is 3.41. The van der Waals surface area contributed by atoms with Gasteiger partial charge in [-0.2, -0.15) is 0 Å². The Bertz CT molecular complexity index is 626. The quantitative estimate of drug-likeness (QED) is 0.290. The van der Waals surface area contributed by atoms with Gasteiger partial charge in [-0.15, -0.1) is 0 Å². The van der Waals surface area contributed by atoms with Gasteiger partial charge >= 0.3 is 5.97 Å². The lowest BCUT2D eigenvalue weighted by molar-refractivity contribution is -0.147. The van der Waals surface area contributed by atoms with Crippen molar-refractivity contribution in [2.24, 2.45) is 0 Å². The molecule has 1 unspecified atom stereocenters. The second kappa shape index (κ2) is 9.26. The van der Waals surface area contributed by atoms with Crippen LogP contribution in [0.3, 0.4) is 0 Å². The molecule has 3 nitrogen and oxygen atoms in total. The molecule has 2 aromatic rings. The highest BCUT2D eigenvalue weighted by molar-refractivity contribution is 9.09. The van der Waals surface area contributed by atoms with Crippen LogP contribution in [-0.4, -0.2) is 17.1 Å². The lowest BCUT2D eigenvalue weighted by Gasteiger charge is -2.17. The zero-order valence-electron chi connectivity index (χ0n) is 12.8. The average Bonchev–Trinajstić information content (AvgIpc) is 2.61. The van der Waals surface area contributed by atoms with E-state index < -0.39 is 6.10 Å². The number of Topliss-reactive ketones (excluding diaryl/α,β-unsaturated/α-hetero) is 1. The van der Waals surface area contributed by atoms with Gasteiger partial charge in [0.2, 0.25) is 5.78 Å². The Morgan fingerprint density at radius 1 is 0.913 bits per heavy atom. The van der Waals surface area contributed by atoms with E-state index in [4.69, 9.17) is 4.74 Å². The van der Waals surface area contributed by atoms with Crippen LogP contribution in [0, 0.1) is 0 Å². The van der Waals surface area contributed by atoms with Crippen LogP contribution in [0.2, 0.25) is 0 Å². The Kier molecular flexibility index (Phi) is 7.01. The summed E-state index contributed by atoms with van der Waals surface area (Å²) in [6.07, 6.45) is 1.06. The Morgan fingerprint density at radius 3 is 2.13 bits per heavy atom. The van der Waals surface area contributed by atoms with E-state index in [1.165, 1.54) is 0 Å². The summed E-state index contributed by atoms with van der Waals surface area (Å²) >= 11 is 3.33. The smallest absolute Gasteiger partial charge is 0.306 e. The number of esters is 1. The molecule has 0 heterocycles. The Balaban J connectivity index is 2.16. The van der Waals surface area contributed by atoms with Crippen LogP contribution in [0.25, 0.3) is 0 Å². The van der Waals surface area contributed by atoms with Crippen molar-refractivity contribution in [2.45, 2.75) is 25.4 Å². The summed E-state index contributed by atoms with van der Waals surface area (Å²) in [4.78, 5) is 24.8. The predicted octanol–water partition coefficient (Wildman–Crippen LogP) is 4.72. The molecule has 23 heavy (non-hydrogen) atoms. The molecular weight excluding hydrogens is 356 g/mol. The zero-order valence-corrected chi connectivity index (χ0v) is 14.4. The molecule has 2 aromatic carbocycles. The molecule has 0 radical (unpaired) electrons. The second-order valence-corrected chi connectivity index (χ2v) is 5.95. The summed E-state index contributed by atoms with van der Waals surface area (Å²) in [5.74, 6) is -0.547. The molecule has 4 heteroatoms. The molecule has 0 aliphatic heterocycles. The molecule has 0 N–H and O–H groups in total. The molecule has 2 rings (SSSR count). The van der Waals surface area contributed by atoms with E-state index in [2.05, 4.69) is 15.9 Å². The van der Waals surface area contributed by atoms with E-state index >= 15 is 0 Å². The molecule has 0 aliphatic rings. The molecule has 0 aromatic heterocycles. The van der Waals surface area contributed by atoms with Crippen LogP contribution >= 0.6 is 15.9 Å². The van der Waals surface area contributed by atoms with Crippen LogP contribution in [0.1, 0.15) is 41.3 Å². The zero-order chi connectivity index (χ0) is 16.5. The van der Waals surface area contributed by atoms with Crippen molar-refractivity contribution in [1.82, 2.24) is 0 Å². The van der Waals surface area contributed by atoms with Gasteiger partial charge in [0.05, 0.1) is 0 Å². The summed E-state index contributed by atoms with van der Waals surface area (Å²) < 4.78 is 5.50. The Morgan fingerprint density at radius 2 is 1.52 bits per heavy atom. The summed E-state index contributed by atoms with van der Waals surface area (Å²) in [5.41, 5.74) is 1.23. The van der Waals surface area contributed by atoms with E-state index in [1.54, 1.807) is 36.4 Å². The number of hydrogen-bond donors (Lipinski definition) is 0. The van der Waals surface area contributed by atoms with Crippen molar-refractivity contribution in [3.05, 3.63) is 71.8 Å². The number of benzene rings is 2. The monoisotopic (exact) mass is 374 g/mol. The first kappa shape index (κ1) is 17.4. The third kappa shape index (κ3) is 5.32. The number of carbonyl (C=O) groups is 2. The summed E-state index contributed by atoms with van der Waals surface area (Å²) in [6, 6.07) is 18.0. The number of rotatable bonds is 8. The van der Waals surface area contributed by atoms with Crippen molar-refractivity contribution >= 4 is 27.7 Å². The SMILES string of the molecule is O=C(CCCCBr)OC(C(=O)c1ccccc1)c1ccccc1. The van der Waals surface area contributed by atoms with E-state index in [9.17, 15) is 9.59 Å². The molecule has 0 amide bonds. The van der Waals surface area contributed by atoms with Gasteiger partial charge < -0.3 is 4.74 Å². The number of hydrogen-bond acceptors (Lipinski definition) is 3. The number of ketones is 1. The minimum Gasteiger partial charge on any atom is -0.449 e. The minimum absolute atomic E-state index is 0.203. The van der Waals surface area contributed by atoms with Gasteiger partial charge in [0.25, 0.3) is 0 Å². The number of halogens is 1. The molecule has 0 saturated heterocycles. The lowest BCUT2D eigenvalue weighted by Crippen LogP contribution is -2.20. The average molecular weight is 375 g/mol. The Labute approximate surface area is 144 Å². The maximum atomic E-state index is 12.7. The standard InChI is InChI=1S/C19H19BrO3/c20-14-8-7-13-17(21)23-19(16-11-5-2-6-12-16)18(22)15-9-3-1-4-10-15/h1-6,9-12,19H,7-8,13-14H2. The number of carbonyl (C=O) groups excluding carboxylic acids is 2. The van der Waals surface area contributed by atoms with E-state index in [0.29, 0.717) is 17.5 Å². The van der Waals surface area contributed by atoms with Gasteiger partial charge in [-0.3, -0.25) is 9.59 Å². The summed E-state index contributed by atoms with van der Waals surface area (Å²) in [7, 11) is 0. The van der Waals surface area contributed by atoms with Crippen molar-refractivity contribution in [1.29, 1.82) is 0 Å². The first-order chi connectivity index (χ1) is 11.2. The van der Waals surface area contributed by atoms with Crippen LogP contribution in [0.5, 0.6) is 0 Å². The lowest BCUT2D eigenvalue weighted by atomic mass is 10.00. The fourth-order valence-electron chi connectivity index (χ4n) is 2.21. The van der Waals surface area contributed by atoms with Crippen molar-refractivity contribution < 1.29 is 14.3 Å². The molecule has 0 aliphatic carbocycles. The van der Waals surface area contributed by atoms with Gasteiger partial charge in [-0.1, -0.05) is 76.6 Å². The molecular formula is C19H19BrO3. The van der Waals surface area contributed by atoms with Gasteiger partial charge in [-0.05, 0) is 12.8 Å². The largest absolute Gasteiger partial charge is 0.449 e. The predicted molar refractivity (Wildman–Crippen MR) is 93.7 cm³/mol. The van der Waals surface area contributed by atoms with Crippen LogP contribution in [-0.2, 0) is 9.53 Å². The molecule has 1 atom stereocenters. The minimum atomic E-state index is -0.893. The summed E-state index contributed by atoms with van der Waals surface area (Å²) in [6.45, 7) is 0. The topological polar surface area (TPSA) is 43.4 Å². The molecule has 0 bridgehead atoms. The van der Waals surface area contributed by atoms with Crippen LogP contribution < -0.4 is 0 Å². The maximum absolute atomic E-state index is 12.7. The van der Waals surface area contributed by atoms with Gasteiger partial charge in [0.1, 0.15) is 0 Å². The van der Waals surface area contributed by atoms with Gasteiger partial charge in [-0.25, -0.2) is 0 Å². The second-order valence-electron chi connectivity index (χ2n) is 5.16. The van der Waals surface area contributed by atoms with Crippen LogP contribution in [0.4, 0.5) is 0 Å². The van der Waals surface area contributed by atoms with Crippen molar-refractivity contribution in [2.75, 3.05) is 5.33 Å². The number of alkyl halides is 1. The van der Waals surface area contributed by atoms with E-state index in [1.807, 2.05) is 24.3 Å². The Hall–Kier alpha value is -1.94. The highest BCUT2D eigenvalue weighted by Gasteiger charge is 2.25. The summed E-state index contributed by atoms with van der Waals surface area (Å²) in [5, 5.41) is 0.853. The third-order valence-corrected chi connectivity index (χ3v) is 3.97. The van der Waals surface area contributed by atoms with E-state index in [-0.39, 0.29) is 11.8 Å². The van der Waals surface area contributed by atoms with Gasteiger partial charge in [0.15, 0.2) is 6.10 Å². The van der Waals surface area contributed by atoms with E-state index in [0.717, 1.165) is 18.2 Å². The first-order valence-electron chi connectivity index (χ1n) is 7.62. The fourth-order valence-corrected chi connectivity index (χ4v) is 2.61. The molecule has 120 valence electrons.